The Morgan fingerprint density at radius 1 is 1.43 bits per heavy atom. The summed E-state index contributed by atoms with van der Waals surface area (Å²) in [4.78, 5) is 24.0. The van der Waals surface area contributed by atoms with Gasteiger partial charge in [0, 0.05) is 0 Å². The van der Waals surface area contributed by atoms with Crippen molar-refractivity contribution in [2.45, 2.75) is 6.10 Å². The molecule has 112 valence electrons. The van der Waals surface area contributed by atoms with Crippen LogP contribution in [0.25, 0.3) is 0 Å². The summed E-state index contributed by atoms with van der Waals surface area (Å²) in [6.07, 6.45) is 4.82. The van der Waals surface area contributed by atoms with Crippen LogP contribution in [0.1, 0.15) is 10.5 Å². The Labute approximate surface area is 129 Å². The Balaban J connectivity index is 0.000000219. The van der Waals surface area contributed by atoms with Crippen LogP contribution in [0, 0.1) is 0 Å². The zero-order chi connectivity index (χ0) is 16.0. The molecule has 2 heterocycles. The fraction of sp³-hybridized carbons (Fsp3) is 0.0833. The van der Waals surface area contributed by atoms with Crippen molar-refractivity contribution in [2.24, 2.45) is 5.73 Å². The quantitative estimate of drug-likeness (QED) is 0.554. The third-order valence-electron chi connectivity index (χ3n) is 2.20. The SMILES string of the molecule is NC1=CC=COC1C=O.Nc1cc(Cl)nc(C(=O)O)c1Cl. The van der Waals surface area contributed by atoms with Crippen LogP contribution in [0.15, 0.2) is 30.2 Å². The lowest BCUT2D eigenvalue weighted by Gasteiger charge is -2.12. The largest absolute Gasteiger partial charge is 0.484 e. The van der Waals surface area contributed by atoms with Crippen molar-refractivity contribution < 1.29 is 19.4 Å². The lowest BCUT2D eigenvalue weighted by Crippen LogP contribution is -2.22. The van der Waals surface area contributed by atoms with Crippen molar-refractivity contribution in [3.8, 4) is 0 Å². The second-order valence-corrected chi connectivity index (χ2v) is 4.46. The van der Waals surface area contributed by atoms with Crippen LogP contribution < -0.4 is 11.5 Å². The number of rotatable bonds is 2. The van der Waals surface area contributed by atoms with E-state index in [1.54, 1.807) is 12.2 Å². The minimum Gasteiger partial charge on any atom is -0.484 e. The van der Waals surface area contributed by atoms with Gasteiger partial charge in [-0.25, -0.2) is 9.78 Å². The van der Waals surface area contributed by atoms with Gasteiger partial charge in [-0.15, -0.1) is 0 Å². The lowest BCUT2D eigenvalue weighted by atomic mass is 10.2. The molecule has 7 nitrogen and oxygen atoms in total. The molecule has 0 amide bonds. The Hall–Kier alpha value is -2.25. The number of aldehydes is 1. The second-order valence-electron chi connectivity index (χ2n) is 3.69. The van der Waals surface area contributed by atoms with E-state index in [2.05, 4.69) is 4.98 Å². The van der Waals surface area contributed by atoms with Crippen LogP contribution in [-0.4, -0.2) is 28.4 Å². The van der Waals surface area contributed by atoms with E-state index in [0.717, 1.165) is 0 Å². The van der Waals surface area contributed by atoms with Crippen LogP contribution in [0.4, 0.5) is 5.69 Å². The molecular formula is C12H11Cl2N3O4. The number of pyridine rings is 1. The molecule has 0 fully saturated rings. The molecule has 0 bridgehead atoms. The van der Waals surface area contributed by atoms with Crippen LogP contribution in [0.5, 0.6) is 0 Å². The number of carboxylic acid groups (broad SMARTS) is 1. The molecule has 1 aromatic heterocycles. The number of ether oxygens (including phenoxy) is 1. The van der Waals surface area contributed by atoms with Crippen LogP contribution in [-0.2, 0) is 9.53 Å². The number of carboxylic acids is 1. The summed E-state index contributed by atoms with van der Waals surface area (Å²) in [5.41, 5.74) is 10.9. The Morgan fingerprint density at radius 2 is 2.10 bits per heavy atom. The summed E-state index contributed by atoms with van der Waals surface area (Å²) >= 11 is 11.0. The van der Waals surface area contributed by atoms with E-state index in [4.69, 9.17) is 44.5 Å². The zero-order valence-electron chi connectivity index (χ0n) is 10.5. The highest BCUT2D eigenvalue weighted by Crippen LogP contribution is 2.24. The molecule has 0 spiro atoms. The first-order chi connectivity index (χ1) is 9.86. The van der Waals surface area contributed by atoms with Gasteiger partial charge in [0.05, 0.1) is 22.7 Å². The molecule has 1 aliphatic rings. The number of aromatic nitrogens is 1. The third kappa shape index (κ3) is 4.66. The number of carbonyl (C=O) groups excluding carboxylic acids is 1. The molecule has 0 aromatic carbocycles. The number of hydrogen-bond donors (Lipinski definition) is 3. The Bertz CT molecular complexity index is 617. The van der Waals surface area contributed by atoms with Gasteiger partial charge in [-0.1, -0.05) is 23.2 Å². The number of allylic oxidation sites excluding steroid dienone is 2. The normalized spacial score (nSPS) is 16.1. The molecule has 21 heavy (non-hydrogen) atoms. The van der Waals surface area contributed by atoms with Gasteiger partial charge in [-0.2, -0.15) is 0 Å². The summed E-state index contributed by atoms with van der Waals surface area (Å²) in [6.45, 7) is 0. The predicted molar refractivity (Wildman–Crippen MR) is 78.0 cm³/mol. The molecule has 0 saturated heterocycles. The lowest BCUT2D eigenvalue weighted by molar-refractivity contribution is -0.113. The first kappa shape index (κ1) is 16.8. The number of hydrogen-bond acceptors (Lipinski definition) is 6. The van der Waals surface area contributed by atoms with E-state index in [0.29, 0.717) is 12.0 Å². The number of carbonyl (C=O) groups is 2. The molecule has 9 heteroatoms. The summed E-state index contributed by atoms with van der Waals surface area (Å²) < 4.78 is 4.80. The molecule has 0 radical (unpaired) electrons. The van der Waals surface area contributed by atoms with Crippen molar-refractivity contribution in [1.82, 2.24) is 4.98 Å². The van der Waals surface area contributed by atoms with E-state index in [1.165, 1.54) is 12.3 Å². The molecule has 2 rings (SSSR count). The number of nitrogens with two attached hydrogens (primary N) is 2. The molecule has 1 atom stereocenters. The summed E-state index contributed by atoms with van der Waals surface area (Å²) in [6, 6.07) is 1.29. The number of nitrogen functional groups attached to an aromatic ring is 1. The van der Waals surface area contributed by atoms with Gasteiger partial charge in [0.1, 0.15) is 5.15 Å². The van der Waals surface area contributed by atoms with E-state index in [9.17, 15) is 9.59 Å². The third-order valence-corrected chi connectivity index (χ3v) is 2.79. The van der Waals surface area contributed by atoms with E-state index >= 15 is 0 Å². The van der Waals surface area contributed by atoms with Crippen molar-refractivity contribution in [3.63, 3.8) is 0 Å². The number of aromatic carboxylic acids is 1. The molecule has 1 aromatic rings. The topological polar surface area (TPSA) is 129 Å². The zero-order valence-corrected chi connectivity index (χ0v) is 12.0. The first-order valence-electron chi connectivity index (χ1n) is 5.44. The van der Waals surface area contributed by atoms with Crippen LogP contribution in [0.3, 0.4) is 0 Å². The number of nitrogens with zero attached hydrogens (tertiary/aromatic N) is 1. The van der Waals surface area contributed by atoms with Gasteiger partial charge >= 0.3 is 5.97 Å². The summed E-state index contributed by atoms with van der Waals surface area (Å²) in [5, 5.41) is 8.47. The fourth-order valence-electron chi connectivity index (χ4n) is 1.22. The highest BCUT2D eigenvalue weighted by molar-refractivity contribution is 6.36. The smallest absolute Gasteiger partial charge is 0.356 e. The molecule has 0 aliphatic carbocycles. The maximum atomic E-state index is 10.5. The predicted octanol–water partition coefficient (Wildman–Crippen LogP) is 1.61. The second kappa shape index (κ2) is 7.51. The van der Waals surface area contributed by atoms with E-state index in [1.807, 2.05) is 0 Å². The fourth-order valence-corrected chi connectivity index (χ4v) is 1.60. The van der Waals surface area contributed by atoms with Crippen LogP contribution in [0.2, 0.25) is 10.2 Å². The molecular weight excluding hydrogens is 321 g/mol. The van der Waals surface area contributed by atoms with E-state index in [-0.39, 0.29) is 21.6 Å². The first-order valence-corrected chi connectivity index (χ1v) is 6.20. The van der Waals surface area contributed by atoms with Crippen LogP contribution >= 0.6 is 23.2 Å². The number of anilines is 1. The monoisotopic (exact) mass is 331 g/mol. The number of halogens is 2. The minimum atomic E-state index is -1.26. The summed E-state index contributed by atoms with van der Waals surface area (Å²) in [5.74, 6) is -1.26. The van der Waals surface area contributed by atoms with Crippen molar-refractivity contribution in [2.75, 3.05) is 5.73 Å². The molecule has 0 saturated carbocycles. The van der Waals surface area contributed by atoms with Gasteiger partial charge in [-0.05, 0) is 18.2 Å². The van der Waals surface area contributed by atoms with Gasteiger partial charge in [-0.3, -0.25) is 4.79 Å². The molecule has 1 unspecified atom stereocenters. The van der Waals surface area contributed by atoms with Gasteiger partial charge in [0.2, 0.25) is 0 Å². The highest BCUT2D eigenvalue weighted by atomic mass is 35.5. The molecule has 5 N–H and O–H groups in total. The Morgan fingerprint density at radius 3 is 2.57 bits per heavy atom. The van der Waals surface area contributed by atoms with Gasteiger partial charge in [0.15, 0.2) is 18.1 Å². The average Bonchev–Trinajstić information content (AvgIpc) is 2.44. The maximum absolute atomic E-state index is 10.5. The Kier molecular flexibility index (Phi) is 6.01. The van der Waals surface area contributed by atoms with E-state index < -0.39 is 12.1 Å². The highest BCUT2D eigenvalue weighted by Gasteiger charge is 2.14. The maximum Gasteiger partial charge on any atom is 0.356 e. The van der Waals surface area contributed by atoms with Crippen molar-refractivity contribution >= 4 is 41.1 Å². The minimum absolute atomic E-state index is 0.00861. The molecule has 1 aliphatic heterocycles. The standard InChI is InChI=1S/C6H4Cl2N2O2.C6H7NO2/c7-3-1-2(9)4(8)5(10-3)6(11)12;7-5-2-1-3-9-6(5)4-8/h1H,(H2,9,10)(H,11,12);1-4,6H,7H2. The van der Waals surface area contributed by atoms with Crippen molar-refractivity contribution in [3.05, 3.63) is 46.0 Å². The van der Waals surface area contributed by atoms with Gasteiger partial charge in [0.25, 0.3) is 0 Å². The average molecular weight is 332 g/mol. The summed E-state index contributed by atoms with van der Waals surface area (Å²) in [7, 11) is 0. The van der Waals surface area contributed by atoms with Crippen molar-refractivity contribution in [1.29, 1.82) is 0 Å². The van der Waals surface area contributed by atoms with Gasteiger partial charge < -0.3 is 21.3 Å².